The lowest BCUT2D eigenvalue weighted by Crippen LogP contribution is -2.30. The van der Waals surface area contributed by atoms with Crippen LogP contribution in [0.1, 0.15) is 194 Å². The standard InChI is InChI=1S/C56H88O6/c1-4-7-10-13-16-19-22-25-26-27-28-29-30-32-34-37-40-43-46-49-55(58)61-52-53(51-60-54(57)48-45-42-39-36-33-24-21-18-15-12-9-6-3)62-56(59)50-47-44-41-38-35-31-23-20-17-14-11-8-5-2/h7-12,14,16-21,23,25-26,31,33,35-36,53H,4-6,13,15,22,24,27-30,32,34,37-52H2,1-3H3/b10-7-,11-8-,12-9-,17-14-,19-16-,21-18-,23-20-,26-25-,35-31-,36-33-. The molecule has 0 saturated carbocycles. The SMILES string of the molecule is CC\C=C/C=C\C=C/C=C\CCCCCC(=O)OC(COC(=O)CCCC/C=C\C/C=C\C/C=C\CC)COC(=O)CCCCCCCCCCC/C=C\C/C=C\C/C=C\CC. The number of allylic oxidation sites excluding steroid dienone is 20. The fraction of sp³-hybridized carbons (Fsp3) is 0.589. The van der Waals surface area contributed by atoms with Crippen LogP contribution in [0.25, 0.3) is 0 Å². The van der Waals surface area contributed by atoms with Crippen molar-refractivity contribution in [1.29, 1.82) is 0 Å². The molecule has 6 nitrogen and oxygen atoms in total. The Morgan fingerprint density at radius 3 is 1.15 bits per heavy atom. The van der Waals surface area contributed by atoms with E-state index in [0.29, 0.717) is 25.7 Å². The molecule has 6 heteroatoms. The number of carbonyl (C=O) groups excluding carboxylic acids is 3. The van der Waals surface area contributed by atoms with Crippen molar-refractivity contribution in [2.24, 2.45) is 0 Å². The number of hydrogen-bond acceptors (Lipinski definition) is 6. The van der Waals surface area contributed by atoms with Crippen LogP contribution in [0.4, 0.5) is 0 Å². The van der Waals surface area contributed by atoms with Gasteiger partial charge in [-0.15, -0.1) is 0 Å². The van der Waals surface area contributed by atoms with E-state index in [1.165, 1.54) is 38.5 Å². The van der Waals surface area contributed by atoms with Gasteiger partial charge in [-0.25, -0.2) is 0 Å². The van der Waals surface area contributed by atoms with Gasteiger partial charge in [0.15, 0.2) is 6.10 Å². The van der Waals surface area contributed by atoms with Gasteiger partial charge in [-0.1, -0.05) is 194 Å². The summed E-state index contributed by atoms with van der Waals surface area (Å²) in [6, 6.07) is 0. The van der Waals surface area contributed by atoms with E-state index >= 15 is 0 Å². The monoisotopic (exact) mass is 857 g/mol. The van der Waals surface area contributed by atoms with Crippen LogP contribution in [-0.4, -0.2) is 37.2 Å². The smallest absolute Gasteiger partial charge is 0.306 e. The number of rotatable bonds is 42. The van der Waals surface area contributed by atoms with Crippen LogP contribution in [-0.2, 0) is 28.6 Å². The van der Waals surface area contributed by atoms with E-state index in [1.54, 1.807) is 0 Å². The summed E-state index contributed by atoms with van der Waals surface area (Å²) >= 11 is 0. The van der Waals surface area contributed by atoms with Gasteiger partial charge in [0.05, 0.1) is 0 Å². The first-order valence-corrected chi connectivity index (χ1v) is 24.6. The predicted molar refractivity (Wildman–Crippen MR) is 265 cm³/mol. The third-order valence-corrected chi connectivity index (χ3v) is 9.79. The Kier molecular flexibility index (Phi) is 46.1. The average Bonchev–Trinajstić information content (AvgIpc) is 3.27. The third-order valence-electron chi connectivity index (χ3n) is 9.79. The van der Waals surface area contributed by atoms with E-state index in [-0.39, 0.29) is 37.5 Å². The molecule has 0 saturated heterocycles. The molecule has 0 rings (SSSR count). The molecule has 1 unspecified atom stereocenters. The summed E-state index contributed by atoms with van der Waals surface area (Å²) in [5.74, 6) is -1.01. The van der Waals surface area contributed by atoms with Crippen LogP contribution in [0, 0.1) is 0 Å². The van der Waals surface area contributed by atoms with E-state index in [1.807, 2.05) is 36.5 Å². The molecule has 0 radical (unpaired) electrons. The summed E-state index contributed by atoms with van der Waals surface area (Å²) in [7, 11) is 0. The average molecular weight is 857 g/mol. The van der Waals surface area contributed by atoms with Crippen molar-refractivity contribution >= 4 is 17.9 Å². The van der Waals surface area contributed by atoms with Crippen molar-refractivity contribution in [2.45, 2.75) is 200 Å². The van der Waals surface area contributed by atoms with Crippen molar-refractivity contribution < 1.29 is 28.6 Å². The van der Waals surface area contributed by atoms with Crippen LogP contribution in [0.15, 0.2) is 122 Å². The number of carbonyl (C=O) groups is 3. The lowest BCUT2D eigenvalue weighted by atomic mass is 10.1. The largest absolute Gasteiger partial charge is 0.462 e. The molecule has 62 heavy (non-hydrogen) atoms. The van der Waals surface area contributed by atoms with E-state index in [2.05, 4.69) is 106 Å². The highest BCUT2D eigenvalue weighted by molar-refractivity contribution is 5.71. The van der Waals surface area contributed by atoms with E-state index in [9.17, 15) is 14.4 Å². The van der Waals surface area contributed by atoms with E-state index in [4.69, 9.17) is 14.2 Å². The van der Waals surface area contributed by atoms with Crippen LogP contribution >= 0.6 is 0 Å². The number of unbranched alkanes of at least 4 members (excludes halogenated alkanes) is 14. The highest BCUT2D eigenvalue weighted by Crippen LogP contribution is 2.13. The minimum atomic E-state index is -0.818. The Labute approximate surface area is 380 Å². The molecule has 0 amide bonds. The van der Waals surface area contributed by atoms with Crippen LogP contribution in [0.3, 0.4) is 0 Å². The Morgan fingerprint density at radius 2 is 0.661 bits per heavy atom. The van der Waals surface area contributed by atoms with Crippen molar-refractivity contribution in [3.05, 3.63) is 122 Å². The van der Waals surface area contributed by atoms with Gasteiger partial charge < -0.3 is 14.2 Å². The molecular weight excluding hydrogens is 769 g/mol. The van der Waals surface area contributed by atoms with Gasteiger partial charge in [0.1, 0.15) is 13.2 Å². The zero-order valence-corrected chi connectivity index (χ0v) is 39.6. The highest BCUT2D eigenvalue weighted by atomic mass is 16.6. The minimum absolute atomic E-state index is 0.113. The molecule has 0 heterocycles. The quantitative estimate of drug-likeness (QED) is 0.0200. The van der Waals surface area contributed by atoms with Gasteiger partial charge in [-0.2, -0.15) is 0 Å². The van der Waals surface area contributed by atoms with E-state index in [0.717, 1.165) is 103 Å². The van der Waals surface area contributed by atoms with Gasteiger partial charge >= 0.3 is 17.9 Å². The zero-order valence-electron chi connectivity index (χ0n) is 39.6. The Balaban J connectivity index is 4.46. The molecule has 1 atom stereocenters. The van der Waals surface area contributed by atoms with Gasteiger partial charge in [-0.3, -0.25) is 14.4 Å². The van der Waals surface area contributed by atoms with Crippen molar-refractivity contribution in [2.75, 3.05) is 13.2 Å². The third kappa shape index (κ3) is 46.9. The number of hydrogen-bond donors (Lipinski definition) is 0. The number of esters is 3. The zero-order chi connectivity index (χ0) is 45.1. The summed E-state index contributed by atoms with van der Waals surface area (Å²) in [5, 5.41) is 0. The Morgan fingerprint density at radius 1 is 0.339 bits per heavy atom. The first kappa shape index (κ1) is 57.8. The normalized spacial score (nSPS) is 13.1. The molecule has 0 aliphatic rings. The molecule has 0 aromatic carbocycles. The summed E-state index contributed by atoms with van der Waals surface area (Å²) < 4.78 is 16.7. The molecule has 0 N–H and O–H groups in total. The van der Waals surface area contributed by atoms with Gasteiger partial charge in [0.25, 0.3) is 0 Å². The molecule has 0 aliphatic heterocycles. The first-order chi connectivity index (χ1) is 30.5. The van der Waals surface area contributed by atoms with Crippen LogP contribution in [0.2, 0.25) is 0 Å². The minimum Gasteiger partial charge on any atom is -0.462 e. The molecule has 0 spiro atoms. The van der Waals surface area contributed by atoms with Crippen LogP contribution in [0.5, 0.6) is 0 Å². The fourth-order valence-corrected chi connectivity index (χ4v) is 6.19. The van der Waals surface area contributed by atoms with Gasteiger partial charge in [-0.05, 0) is 103 Å². The summed E-state index contributed by atoms with van der Waals surface area (Å²) in [5.41, 5.74) is 0. The maximum absolute atomic E-state index is 12.7. The molecule has 0 bridgehead atoms. The second kappa shape index (κ2) is 49.5. The second-order valence-corrected chi connectivity index (χ2v) is 15.7. The summed E-state index contributed by atoms with van der Waals surface area (Å²) in [6.07, 6.45) is 67.6. The summed E-state index contributed by atoms with van der Waals surface area (Å²) in [4.78, 5) is 37.9. The Hall–Kier alpha value is -4.19. The van der Waals surface area contributed by atoms with Gasteiger partial charge in [0.2, 0.25) is 0 Å². The molecule has 348 valence electrons. The maximum Gasteiger partial charge on any atom is 0.306 e. The maximum atomic E-state index is 12.7. The molecule has 0 aliphatic carbocycles. The molecule has 0 fully saturated rings. The molecular formula is C56H88O6. The van der Waals surface area contributed by atoms with Crippen molar-refractivity contribution in [3.63, 3.8) is 0 Å². The fourth-order valence-electron chi connectivity index (χ4n) is 6.19. The first-order valence-electron chi connectivity index (χ1n) is 24.6. The predicted octanol–water partition coefficient (Wildman–Crippen LogP) is 16.1. The van der Waals surface area contributed by atoms with E-state index < -0.39 is 6.10 Å². The summed E-state index contributed by atoms with van der Waals surface area (Å²) in [6.45, 7) is 6.17. The lowest BCUT2D eigenvalue weighted by molar-refractivity contribution is -0.167. The second-order valence-electron chi connectivity index (χ2n) is 15.7. The molecule has 0 aromatic rings. The highest BCUT2D eigenvalue weighted by Gasteiger charge is 2.19. The number of ether oxygens (including phenoxy) is 3. The Bertz CT molecular complexity index is 1350. The van der Waals surface area contributed by atoms with Gasteiger partial charge in [0, 0.05) is 19.3 Å². The molecule has 0 aromatic heterocycles. The lowest BCUT2D eigenvalue weighted by Gasteiger charge is -2.18. The van der Waals surface area contributed by atoms with Crippen LogP contribution < -0.4 is 0 Å². The van der Waals surface area contributed by atoms with Crippen molar-refractivity contribution in [1.82, 2.24) is 0 Å². The van der Waals surface area contributed by atoms with Crippen molar-refractivity contribution in [3.8, 4) is 0 Å². The topological polar surface area (TPSA) is 78.9 Å².